The second-order valence-electron chi connectivity index (χ2n) is 4.81. The predicted octanol–water partition coefficient (Wildman–Crippen LogP) is 2.12. The van der Waals surface area contributed by atoms with Gasteiger partial charge in [0.05, 0.1) is 25.7 Å². The molecule has 0 saturated carbocycles. The van der Waals surface area contributed by atoms with Crippen molar-refractivity contribution in [1.29, 1.82) is 0 Å². The van der Waals surface area contributed by atoms with E-state index >= 15 is 0 Å². The number of benzene rings is 1. The van der Waals surface area contributed by atoms with Gasteiger partial charge >= 0.3 is 6.55 Å². The summed E-state index contributed by atoms with van der Waals surface area (Å²) in [5.41, 5.74) is 0. The number of ether oxygens (including phenoxy) is 2. The number of rotatable bonds is 7. The maximum atomic E-state index is 12.8. The van der Waals surface area contributed by atoms with Gasteiger partial charge in [0, 0.05) is 25.5 Å². The molecule has 0 bridgehead atoms. The van der Waals surface area contributed by atoms with E-state index in [9.17, 15) is 17.2 Å². The van der Waals surface area contributed by atoms with Crippen molar-refractivity contribution in [3.63, 3.8) is 0 Å². The summed E-state index contributed by atoms with van der Waals surface area (Å²) >= 11 is 0. The smallest absolute Gasteiger partial charge is 0.319 e. The summed E-state index contributed by atoms with van der Waals surface area (Å²) in [7, 11) is 0.192. The number of hydrogen-bond donors (Lipinski definition) is 0. The monoisotopic (exact) mass is 361 g/mol. The van der Waals surface area contributed by atoms with Gasteiger partial charge in [0.25, 0.3) is 0 Å². The molecule has 0 saturated heterocycles. The Morgan fingerprint density at radius 3 is 2.50 bits per heavy atom. The van der Waals surface area contributed by atoms with Gasteiger partial charge in [0.2, 0.25) is 10.0 Å². The first-order chi connectivity index (χ1) is 11.3. The van der Waals surface area contributed by atoms with E-state index in [4.69, 9.17) is 9.47 Å². The summed E-state index contributed by atoms with van der Waals surface area (Å²) < 4.78 is 62.6. The van der Waals surface area contributed by atoms with Crippen LogP contribution in [0.1, 0.15) is 12.4 Å². The molecule has 1 aromatic heterocycles. The van der Waals surface area contributed by atoms with Gasteiger partial charge in [-0.05, 0) is 12.1 Å². The van der Waals surface area contributed by atoms with Crippen molar-refractivity contribution in [1.82, 2.24) is 13.9 Å². The van der Waals surface area contributed by atoms with Crippen molar-refractivity contribution in [3.8, 4) is 11.5 Å². The number of sulfonamides is 1. The van der Waals surface area contributed by atoms with Gasteiger partial charge in [-0.3, -0.25) is 4.57 Å². The van der Waals surface area contributed by atoms with Gasteiger partial charge in [-0.25, -0.2) is 13.4 Å². The molecule has 10 heteroatoms. The maximum Gasteiger partial charge on any atom is 0.319 e. The summed E-state index contributed by atoms with van der Waals surface area (Å²) in [5.74, 6) is 0.574. The second-order valence-corrected chi connectivity index (χ2v) is 6.85. The molecular formula is C14H17F2N3O4S. The van der Waals surface area contributed by atoms with Crippen molar-refractivity contribution >= 4 is 10.0 Å². The lowest BCUT2D eigenvalue weighted by molar-refractivity contribution is 0.0658. The molecule has 0 fully saturated rings. The Kier molecular flexibility index (Phi) is 5.40. The third kappa shape index (κ3) is 3.49. The molecule has 24 heavy (non-hydrogen) atoms. The maximum absolute atomic E-state index is 12.8. The van der Waals surface area contributed by atoms with Crippen molar-refractivity contribution in [2.75, 3.05) is 21.3 Å². The average Bonchev–Trinajstić information content (AvgIpc) is 3.02. The van der Waals surface area contributed by atoms with Crippen molar-refractivity contribution < 1.29 is 26.7 Å². The van der Waals surface area contributed by atoms with Gasteiger partial charge < -0.3 is 9.47 Å². The Bertz CT molecular complexity index is 808. The van der Waals surface area contributed by atoms with Gasteiger partial charge in [-0.2, -0.15) is 13.1 Å². The zero-order valence-electron chi connectivity index (χ0n) is 13.3. The molecule has 0 aliphatic rings. The van der Waals surface area contributed by atoms with E-state index in [1.165, 1.54) is 45.7 Å². The number of halogens is 2. The van der Waals surface area contributed by atoms with Crippen LogP contribution in [0.2, 0.25) is 0 Å². The summed E-state index contributed by atoms with van der Waals surface area (Å²) in [5, 5.41) is 0. The molecule has 2 rings (SSSR count). The van der Waals surface area contributed by atoms with E-state index < -0.39 is 16.6 Å². The zero-order chi connectivity index (χ0) is 17.9. The van der Waals surface area contributed by atoms with Gasteiger partial charge in [0.15, 0.2) is 11.5 Å². The van der Waals surface area contributed by atoms with E-state index in [1.54, 1.807) is 0 Å². The van der Waals surface area contributed by atoms with Gasteiger partial charge in [-0.1, -0.05) is 0 Å². The highest BCUT2D eigenvalue weighted by atomic mass is 32.2. The van der Waals surface area contributed by atoms with E-state index in [1.807, 2.05) is 0 Å². The van der Waals surface area contributed by atoms with E-state index in [2.05, 4.69) is 4.98 Å². The van der Waals surface area contributed by atoms with Gasteiger partial charge in [-0.15, -0.1) is 0 Å². The summed E-state index contributed by atoms with van der Waals surface area (Å²) in [6.45, 7) is -3.09. The van der Waals surface area contributed by atoms with Gasteiger partial charge in [0.1, 0.15) is 5.82 Å². The van der Waals surface area contributed by atoms with Crippen LogP contribution < -0.4 is 9.47 Å². The fraction of sp³-hybridized carbons (Fsp3) is 0.357. The zero-order valence-corrected chi connectivity index (χ0v) is 14.1. The highest BCUT2D eigenvalue weighted by Crippen LogP contribution is 2.30. The molecule has 1 aromatic carbocycles. The molecule has 0 aliphatic heterocycles. The van der Waals surface area contributed by atoms with Crippen LogP contribution in [0.5, 0.6) is 11.5 Å². The number of imidazole rings is 1. The Morgan fingerprint density at radius 2 is 1.92 bits per heavy atom. The normalized spacial score (nSPS) is 12.0. The largest absolute Gasteiger partial charge is 0.493 e. The van der Waals surface area contributed by atoms with E-state index in [0.717, 1.165) is 10.5 Å². The van der Waals surface area contributed by atoms with E-state index in [0.29, 0.717) is 10.3 Å². The molecule has 0 radical (unpaired) electrons. The first kappa shape index (κ1) is 18.1. The van der Waals surface area contributed by atoms with Crippen molar-refractivity contribution in [2.45, 2.75) is 18.0 Å². The summed E-state index contributed by atoms with van der Waals surface area (Å²) in [4.78, 5) is 3.73. The number of nitrogens with zero attached hydrogens (tertiary/aromatic N) is 3. The lowest BCUT2D eigenvalue weighted by atomic mass is 10.3. The third-order valence-corrected chi connectivity index (χ3v) is 5.19. The Balaban J connectivity index is 2.31. The minimum absolute atomic E-state index is 0.0437. The molecule has 2 aromatic rings. The minimum Gasteiger partial charge on any atom is -0.493 e. The minimum atomic E-state index is -3.92. The molecule has 0 atom stereocenters. The number of aromatic nitrogens is 2. The fourth-order valence-corrected chi connectivity index (χ4v) is 3.23. The van der Waals surface area contributed by atoms with Crippen LogP contribution in [0.25, 0.3) is 0 Å². The molecule has 0 spiro atoms. The van der Waals surface area contributed by atoms with Crippen LogP contribution in [0.4, 0.5) is 8.78 Å². The quantitative estimate of drug-likeness (QED) is 0.755. The molecule has 0 aliphatic carbocycles. The molecule has 0 amide bonds. The first-order valence-corrected chi connectivity index (χ1v) is 8.23. The van der Waals surface area contributed by atoms with Crippen LogP contribution in [-0.4, -0.2) is 43.5 Å². The molecule has 1 heterocycles. The highest BCUT2D eigenvalue weighted by Gasteiger charge is 2.25. The topological polar surface area (TPSA) is 73.7 Å². The lowest BCUT2D eigenvalue weighted by Gasteiger charge is -2.18. The number of methoxy groups -OCH3 is 2. The molecule has 0 N–H and O–H groups in total. The van der Waals surface area contributed by atoms with Crippen LogP contribution >= 0.6 is 0 Å². The van der Waals surface area contributed by atoms with Crippen LogP contribution in [0.15, 0.2) is 35.5 Å². The standard InChI is InChI=1S/C14H17F2N3O4S/c1-18(9-13-17-6-7-19(13)14(15)16)24(20,21)10-4-5-11(22-2)12(8-10)23-3/h4-8,14H,9H2,1-3H3. The first-order valence-electron chi connectivity index (χ1n) is 6.79. The molecular weight excluding hydrogens is 344 g/mol. The number of alkyl halides is 2. The Morgan fingerprint density at radius 1 is 1.25 bits per heavy atom. The SMILES string of the molecule is COc1ccc(S(=O)(=O)N(C)Cc2nccn2C(F)F)cc1OC. The third-order valence-electron chi connectivity index (χ3n) is 3.39. The van der Waals surface area contributed by atoms with E-state index in [-0.39, 0.29) is 23.0 Å². The summed E-state index contributed by atoms with van der Waals surface area (Å²) in [6, 6.07) is 4.12. The fourth-order valence-electron chi connectivity index (χ4n) is 2.09. The number of hydrogen-bond acceptors (Lipinski definition) is 5. The second kappa shape index (κ2) is 7.14. The predicted molar refractivity (Wildman–Crippen MR) is 81.7 cm³/mol. The molecule has 0 unspecified atom stereocenters. The van der Waals surface area contributed by atoms with Crippen molar-refractivity contribution in [3.05, 3.63) is 36.4 Å². The molecule has 7 nitrogen and oxygen atoms in total. The molecule has 132 valence electrons. The lowest BCUT2D eigenvalue weighted by Crippen LogP contribution is -2.28. The van der Waals surface area contributed by atoms with Crippen LogP contribution in [-0.2, 0) is 16.6 Å². The van der Waals surface area contributed by atoms with Crippen molar-refractivity contribution in [2.24, 2.45) is 0 Å². The highest BCUT2D eigenvalue weighted by molar-refractivity contribution is 7.89. The average molecular weight is 361 g/mol. The Hall–Kier alpha value is -2.20. The van der Waals surface area contributed by atoms with Crippen LogP contribution in [0, 0.1) is 0 Å². The Labute approximate surface area is 138 Å². The van der Waals surface area contributed by atoms with Crippen LogP contribution in [0.3, 0.4) is 0 Å². The summed E-state index contributed by atoms with van der Waals surface area (Å²) in [6.07, 6.45) is 2.29.